The number of aliphatic hydroxyl groups is 1. The molecular weight excluding hydrogens is 1140 g/mol. The molecule has 0 aliphatic rings. The molecule has 17 nitrogen and oxygen atoms in total. The monoisotopic (exact) mass is 1270 g/mol. The minimum atomic E-state index is -4.95. The lowest BCUT2D eigenvalue weighted by Gasteiger charge is -2.21. The van der Waals surface area contributed by atoms with E-state index in [9.17, 15) is 43.2 Å². The van der Waals surface area contributed by atoms with Gasteiger partial charge in [-0.05, 0) is 43.4 Å². The first-order valence-corrected chi connectivity index (χ1v) is 37.9. The summed E-state index contributed by atoms with van der Waals surface area (Å²) >= 11 is 0. The van der Waals surface area contributed by atoms with Gasteiger partial charge in [-0.2, -0.15) is 0 Å². The topological polar surface area (TPSA) is 237 Å². The molecule has 510 valence electrons. The van der Waals surface area contributed by atoms with Crippen LogP contribution in [0.15, 0.2) is 0 Å². The van der Waals surface area contributed by atoms with Crippen LogP contribution in [0, 0.1) is 17.8 Å². The normalized spacial score (nSPS) is 14.9. The highest BCUT2D eigenvalue weighted by molar-refractivity contribution is 7.47. The van der Waals surface area contributed by atoms with Crippen molar-refractivity contribution in [1.29, 1.82) is 0 Å². The minimum absolute atomic E-state index is 0.104. The van der Waals surface area contributed by atoms with Crippen molar-refractivity contribution in [2.45, 2.75) is 349 Å². The van der Waals surface area contributed by atoms with Gasteiger partial charge >= 0.3 is 39.5 Å². The zero-order valence-corrected chi connectivity index (χ0v) is 57.6. The lowest BCUT2D eigenvalue weighted by molar-refractivity contribution is -0.161. The summed E-state index contributed by atoms with van der Waals surface area (Å²) < 4.78 is 68.1. The molecule has 0 aromatic carbocycles. The van der Waals surface area contributed by atoms with Crippen molar-refractivity contribution < 1.29 is 80.2 Å². The van der Waals surface area contributed by atoms with Gasteiger partial charge in [0.25, 0.3) is 0 Å². The van der Waals surface area contributed by atoms with Crippen LogP contribution in [0.25, 0.3) is 0 Å². The molecule has 0 saturated heterocycles. The molecule has 19 heteroatoms. The Kier molecular flexibility index (Phi) is 56.9. The van der Waals surface area contributed by atoms with Crippen molar-refractivity contribution in [2.75, 3.05) is 39.6 Å². The molecule has 0 radical (unpaired) electrons. The third-order valence-corrected chi connectivity index (χ3v) is 18.0. The third kappa shape index (κ3) is 58.4. The first-order chi connectivity index (χ1) is 41.3. The maximum Gasteiger partial charge on any atom is 0.472 e. The average Bonchev–Trinajstić information content (AvgIpc) is 3.67. The highest BCUT2D eigenvalue weighted by Gasteiger charge is 2.30. The maximum absolute atomic E-state index is 13.0. The molecule has 7 atom stereocenters. The van der Waals surface area contributed by atoms with E-state index in [-0.39, 0.29) is 25.7 Å². The van der Waals surface area contributed by atoms with Gasteiger partial charge < -0.3 is 33.8 Å². The van der Waals surface area contributed by atoms with E-state index in [0.717, 1.165) is 114 Å². The van der Waals surface area contributed by atoms with Crippen molar-refractivity contribution >= 4 is 39.5 Å². The lowest BCUT2D eigenvalue weighted by Crippen LogP contribution is -2.30. The molecule has 0 bridgehead atoms. The molecule has 0 amide bonds. The number of phosphoric acid groups is 2. The smallest absolute Gasteiger partial charge is 0.462 e. The number of esters is 4. The van der Waals surface area contributed by atoms with E-state index in [1.807, 2.05) is 0 Å². The van der Waals surface area contributed by atoms with E-state index in [4.69, 9.17) is 37.0 Å². The number of ether oxygens (including phenoxy) is 4. The van der Waals surface area contributed by atoms with Crippen LogP contribution in [0.3, 0.4) is 0 Å². The fourth-order valence-corrected chi connectivity index (χ4v) is 11.5. The van der Waals surface area contributed by atoms with Gasteiger partial charge in [0.1, 0.15) is 19.3 Å². The van der Waals surface area contributed by atoms with Crippen LogP contribution in [0.4, 0.5) is 0 Å². The Morgan fingerprint density at radius 3 is 0.884 bits per heavy atom. The number of aliphatic hydroxyl groups excluding tert-OH is 1. The van der Waals surface area contributed by atoms with Crippen LogP contribution >= 0.6 is 15.6 Å². The zero-order chi connectivity index (χ0) is 63.8. The summed E-state index contributed by atoms with van der Waals surface area (Å²) in [5.74, 6) is 0.114. The Morgan fingerprint density at radius 2 is 0.593 bits per heavy atom. The highest BCUT2D eigenvalue weighted by atomic mass is 31.2. The molecule has 0 saturated carbocycles. The number of carbonyl (C=O) groups is 4. The Balaban J connectivity index is 5.27. The molecule has 3 N–H and O–H groups in total. The van der Waals surface area contributed by atoms with Crippen LogP contribution in [0.5, 0.6) is 0 Å². The Morgan fingerprint density at radius 1 is 0.337 bits per heavy atom. The zero-order valence-electron chi connectivity index (χ0n) is 55.8. The fourth-order valence-electron chi connectivity index (χ4n) is 9.95. The quantitative estimate of drug-likeness (QED) is 0.0222. The maximum atomic E-state index is 13.0. The second-order valence-corrected chi connectivity index (χ2v) is 28.1. The van der Waals surface area contributed by atoms with E-state index < -0.39 is 97.5 Å². The number of rotatable bonds is 65. The molecule has 0 aromatic heterocycles. The minimum Gasteiger partial charge on any atom is -0.462 e. The second-order valence-electron chi connectivity index (χ2n) is 25.2. The van der Waals surface area contributed by atoms with E-state index in [1.165, 1.54) is 135 Å². The number of unbranched alkanes of at least 4 members (excludes halogenated alkanes) is 31. The SMILES string of the molecule is CCCCCCCCCCCCCCC(=O)O[C@H](COC(=O)CCCCCCCCC(C)CC)COP(=O)(O)OC[C@H](O)COP(=O)(O)OC[C@@H](COC(=O)CCCCCCCCCCC(C)CC)OC(=O)CCCCCCCCCCCC(C)C. The molecule has 86 heavy (non-hydrogen) atoms. The van der Waals surface area contributed by atoms with Crippen molar-refractivity contribution in [3.63, 3.8) is 0 Å². The van der Waals surface area contributed by atoms with Crippen LogP contribution < -0.4 is 0 Å². The van der Waals surface area contributed by atoms with Gasteiger partial charge in [-0.1, -0.05) is 280 Å². The van der Waals surface area contributed by atoms with Gasteiger partial charge in [-0.3, -0.25) is 37.3 Å². The van der Waals surface area contributed by atoms with Gasteiger partial charge in [0, 0.05) is 25.7 Å². The second kappa shape index (κ2) is 58.2. The summed E-state index contributed by atoms with van der Waals surface area (Å²) in [6.45, 7) is 11.8. The standard InChI is InChI=1S/C67H130O17P2/c1-8-11-12-13-14-15-16-17-20-27-36-43-50-66(71)84-63(55-78-65(70)49-42-35-30-29-33-40-47-60(7)10-3)57-82-86(75,76)80-53-61(68)52-79-85(73,74)81-56-62(83-67(72)51-44-37-28-21-18-19-24-31-38-45-58(4)5)54-77-64(69)48-41-34-26-23-22-25-32-39-46-59(6)9-2/h58-63,68H,8-57H2,1-7H3,(H,73,74)(H,75,76)/t59?,60?,61-,62-,63-/m1/s1. The molecule has 0 aromatic rings. The fraction of sp³-hybridized carbons (Fsp3) is 0.940. The van der Waals surface area contributed by atoms with Gasteiger partial charge in [0.05, 0.1) is 26.4 Å². The van der Waals surface area contributed by atoms with Crippen molar-refractivity contribution in [2.24, 2.45) is 17.8 Å². The number of hydrogen-bond donors (Lipinski definition) is 3. The summed E-state index contributed by atoms with van der Waals surface area (Å²) in [6.07, 6.45) is 40.2. The van der Waals surface area contributed by atoms with E-state index >= 15 is 0 Å². The van der Waals surface area contributed by atoms with Crippen LogP contribution in [-0.2, 0) is 65.4 Å². The summed E-state index contributed by atoms with van der Waals surface area (Å²) in [5, 5.41) is 10.6. The van der Waals surface area contributed by atoms with Gasteiger partial charge in [0.2, 0.25) is 0 Å². The van der Waals surface area contributed by atoms with Crippen LogP contribution in [0.1, 0.15) is 331 Å². The Hall–Kier alpha value is -1.94. The van der Waals surface area contributed by atoms with Crippen molar-refractivity contribution in [3.05, 3.63) is 0 Å². The molecule has 0 spiro atoms. The molecule has 0 rings (SSSR count). The predicted octanol–water partition coefficient (Wildman–Crippen LogP) is 18.7. The third-order valence-electron chi connectivity index (χ3n) is 16.1. The highest BCUT2D eigenvalue weighted by Crippen LogP contribution is 2.45. The molecule has 4 unspecified atom stereocenters. The molecule has 0 aliphatic carbocycles. The van der Waals surface area contributed by atoms with Gasteiger partial charge in [0.15, 0.2) is 12.2 Å². The summed E-state index contributed by atoms with van der Waals surface area (Å²) in [7, 11) is -9.90. The number of hydrogen-bond acceptors (Lipinski definition) is 15. The van der Waals surface area contributed by atoms with Gasteiger partial charge in [-0.15, -0.1) is 0 Å². The van der Waals surface area contributed by atoms with Crippen molar-refractivity contribution in [3.8, 4) is 0 Å². The lowest BCUT2D eigenvalue weighted by atomic mass is 9.99. The van der Waals surface area contributed by atoms with Crippen LogP contribution in [-0.4, -0.2) is 96.7 Å². The van der Waals surface area contributed by atoms with Crippen molar-refractivity contribution in [1.82, 2.24) is 0 Å². The Bertz CT molecular complexity index is 1700. The average molecular weight is 1270 g/mol. The first-order valence-electron chi connectivity index (χ1n) is 34.9. The first kappa shape index (κ1) is 84.1. The summed E-state index contributed by atoms with van der Waals surface area (Å²) in [4.78, 5) is 72.4. The Labute approximate surface area is 524 Å². The van der Waals surface area contributed by atoms with Gasteiger partial charge in [-0.25, -0.2) is 9.13 Å². The molecule has 0 heterocycles. The number of carbonyl (C=O) groups excluding carboxylic acids is 4. The summed E-state index contributed by atoms with van der Waals surface area (Å²) in [5.41, 5.74) is 0. The largest absolute Gasteiger partial charge is 0.472 e. The van der Waals surface area contributed by atoms with E-state index in [1.54, 1.807) is 0 Å². The molecule has 0 fully saturated rings. The number of phosphoric ester groups is 2. The molecule has 0 aliphatic heterocycles. The molecular formula is C67H130O17P2. The van der Waals surface area contributed by atoms with Crippen LogP contribution in [0.2, 0.25) is 0 Å². The predicted molar refractivity (Wildman–Crippen MR) is 344 cm³/mol. The summed E-state index contributed by atoms with van der Waals surface area (Å²) in [6, 6.07) is 0. The van der Waals surface area contributed by atoms with E-state index in [0.29, 0.717) is 25.7 Å². The van der Waals surface area contributed by atoms with E-state index in [2.05, 4.69) is 48.5 Å².